The number of nitrogens with one attached hydrogen (secondary N) is 2. The number of ether oxygens (including phenoxy) is 1. The number of carbonyl (C=O) groups is 1. The summed E-state index contributed by atoms with van der Waals surface area (Å²) >= 11 is 0. The molecule has 3 rings (SSSR count). The molecule has 2 heterocycles. The maximum absolute atomic E-state index is 12.3. The van der Waals surface area contributed by atoms with Crippen molar-refractivity contribution in [3.63, 3.8) is 0 Å². The lowest BCUT2D eigenvalue weighted by atomic mass is 10.1. The normalized spacial score (nSPS) is 17.3. The second-order valence-corrected chi connectivity index (χ2v) is 5.72. The van der Waals surface area contributed by atoms with Gasteiger partial charge in [-0.1, -0.05) is 12.1 Å². The minimum Gasteiger partial charge on any atom is -0.380 e. The molecular formula is C16H20N4O3. The lowest BCUT2D eigenvalue weighted by molar-refractivity contribution is 0.0933. The summed E-state index contributed by atoms with van der Waals surface area (Å²) in [4.78, 5) is 23.9. The second kappa shape index (κ2) is 6.78. The minimum absolute atomic E-state index is 0.0438. The molecule has 1 aliphatic rings. The van der Waals surface area contributed by atoms with Gasteiger partial charge in [0.25, 0.3) is 5.91 Å². The molecule has 1 aliphatic heterocycles. The predicted octanol–water partition coefficient (Wildman–Crippen LogP) is 0.853. The number of H-pyrrole nitrogens is 1. The van der Waals surface area contributed by atoms with Crippen molar-refractivity contribution in [3.8, 4) is 0 Å². The number of aromatic nitrogens is 3. The molecule has 1 atom stereocenters. The summed E-state index contributed by atoms with van der Waals surface area (Å²) in [6.07, 6.45) is 2.17. The van der Waals surface area contributed by atoms with Crippen LogP contribution >= 0.6 is 0 Å². The van der Waals surface area contributed by atoms with E-state index in [1.54, 1.807) is 23.8 Å². The first kappa shape index (κ1) is 15.5. The molecule has 0 fully saturated rings. The first-order valence-electron chi connectivity index (χ1n) is 7.70. The number of methoxy groups -OCH3 is 1. The van der Waals surface area contributed by atoms with E-state index in [2.05, 4.69) is 15.5 Å². The Bertz CT molecular complexity index is 733. The molecule has 0 spiro atoms. The number of hydrogen-bond acceptors (Lipinski definition) is 4. The molecule has 1 unspecified atom stereocenters. The number of aryl methyl sites for hydroxylation is 1. The first-order valence-corrected chi connectivity index (χ1v) is 7.70. The van der Waals surface area contributed by atoms with Crippen molar-refractivity contribution in [3.05, 3.63) is 51.7 Å². The second-order valence-electron chi connectivity index (χ2n) is 5.72. The Morgan fingerprint density at radius 1 is 1.39 bits per heavy atom. The summed E-state index contributed by atoms with van der Waals surface area (Å²) in [6.45, 7) is 1.10. The van der Waals surface area contributed by atoms with Gasteiger partial charge in [0.05, 0.1) is 6.61 Å². The standard InChI is InChI=1S/C16H20N4O3/c1-23-10-11-2-4-12(5-3-11)15(21)17-13-6-7-14-18-19-16(22)20(14)9-8-13/h2-5,13H,6-10H2,1H3,(H,17,21)(H,19,22). The van der Waals surface area contributed by atoms with Crippen molar-refractivity contribution in [2.45, 2.75) is 38.5 Å². The van der Waals surface area contributed by atoms with Crippen molar-refractivity contribution < 1.29 is 9.53 Å². The number of fused-ring (bicyclic) bond motifs is 1. The van der Waals surface area contributed by atoms with Gasteiger partial charge in [-0.2, -0.15) is 5.10 Å². The van der Waals surface area contributed by atoms with Gasteiger partial charge < -0.3 is 10.1 Å². The fraction of sp³-hybridized carbons (Fsp3) is 0.438. The molecule has 0 saturated carbocycles. The van der Waals surface area contributed by atoms with Crippen LogP contribution in [0.5, 0.6) is 0 Å². The van der Waals surface area contributed by atoms with Gasteiger partial charge in [0.15, 0.2) is 0 Å². The highest BCUT2D eigenvalue weighted by atomic mass is 16.5. The molecule has 23 heavy (non-hydrogen) atoms. The Kier molecular flexibility index (Phi) is 4.57. The highest BCUT2D eigenvalue weighted by Crippen LogP contribution is 2.12. The number of amides is 1. The maximum Gasteiger partial charge on any atom is 0.343 e. The van der Waals surface area contributed by atoms with Crippen LogP contribution in [0.15, 0.2) is 29.1 Å². The molecule has 1 amide bonds. The zero-order valence-corrected chi connectivity index (χ0v) is 13.0. The van der Waals surface area contributed by atoms with E-state index in [1.807, 2.05) is 12.1 Å². The summed E-state index contributed by atoms with van der Waals surface area (Å²) in [5, 5.41) is 9.53. The summed E-state index contributed by atoms with van der Waals surface area (Å²) in [6, 6.07) is 7.43. The van der Waals surface area contributed by atoms with Gasteiger partial charge in [-0.3, -0.25) is 9.36 Å². The first-order chi connectivity index (χ1) is 11.2. The smallest absolute Gasteiger partial charge is 0.343 e. The van der Waals surface area contributed by atoms with E-state index in [0.29, 0.717) is 25.1 Å². The Morgan fingerprint density at radius 2 is 2.17 bits per heavy atom. The van der Waals surface area contributed by atoms with E-state index in [-0.39, 0.29) is 17.6 Å². The Balaban J connectivity index is 1.61. The highest BCUT2D eigenvalue weighted by Gasteiger charge is 2.20. The lowest BCUT2D eigenvalue weighted by Gasteiger charge is -2.16. The van der Waals surface area contributed by atoms with E-state index >= 15 is 0 Å². The van der Waals surface area contributed by atoms with E-state index in [0.717, 1.165) is 24.2 Å². The number of rotatable bonds is 4. The van der Waals surface area contributed by atoms with E-state index in [4.69, 9.17) is 4.74 Å². The zero-order valence-electron chi connectivity index (χ0n) is 13.0. The average molecular weight is 316 g/mol. The average Bonchev–Trinajstić information content (AvgIpc) is 2.78. The van der Waals surface area contributed by atoms with Gasteiger partial charge in [-0.15, -0.1) is 0 Å². The van der Waals surface area contributed by atoms with Crippen molar-refractivity contribution in [2.75, 3.05) is 7.11 Å². The zero-order chi connectivity index (χ0) is 16.2. The SMILES string of the molecule is COCc1ccc(C(=O)NC2CCc3n[nH]c(=O)n3CC2)cc1. The molecule has 1 aromatic carbocycles. The third-order valence-electron chi connectivity index (χ3n) is 4.12. The van der Waals surface area contributed by atoms with Gasteiger partial charge in [0, 0.05) is 31.7 Å². The largest absolute Gasteiger partial charge is 0.380 e. The third-order valence-corrected chi connectivity index (χ3v) is 4.12. The monoisotopic (exact) mass is 316 g/mol. The molecule has 0 saturated heterocycles. The van der Waals surface area contributed by atoms with Gasteiger partial charge >= 0.3 is 5.69 Å². The maximum atomic E-state index is 12.3. The van der Waals surface area contributed by atoms with Crippen molar-refractivity contribution in [2.24, 2.45) is 0 Å². The van der Waals surface area contributed by atoms with Crippen molar-refractivity contribution >= 4 is 5.91 Å². The van der Waals surface area contributed by atoms with Crippen LogP contribution in [0.4, 0.5) is 0 Å². The molecule has 2 N–H and O–H groups in total. The third kappa shape index (κ3) is 3.50. The van der Waals surface area contributed by atoms with Crippen LogP contribution in [0.25, 0.3) is 0 Å². The molecule has 1 aromatic heterocycles. The van der Waals surface area contributed by atoms with Crippen LogP contribution < -0.4 is 11.0 Å². The van der Waals surface area contributed by atoms with Gasteiger partial charge in [-0.25, -0.2) is 9.89 Å². The minimum atomic E-state index is -0.180. The number of benzene rings is 1. The molecular weight excluding hydrogens is 296 g/mol. The molecule has 122 valence electrons. The van der Waals surface area contributed by atoms with Crippen LogP contribution in [0.1, 0.15) is 34.6 Å². The fourth-order valence-corrected chi connectivity index (χ4v) is 2.84. The molecule has 0 aliphatic carbocycles. The summed E-state index contributed by atoms with van der Waals surface area (Å²) in [5.74, 6) is 0.670. The van der Waals surface area contributed by atoms with Crippen LogP contribution in [-0.2, 0) is 24.3 Å². The number of aromatic amines is 1. The Hall–Kier alpha value is -2.41. The fourth-order valence-electron chi connectivity index (χ4n) is 2.84. The summed E-state index contributed by atoms with van der Waals surface area (Å²) < 4.78 is 6.70. The van der Waals surface area contributed by atoms with Crippen LogP contribution in [0.3, 0.4) is 0 Å². The lowest BCUT2D eigenvalue weighted by Crippen LogP contribution is -2.35. The van der Waals surface area contributed by atoms with E-state index in [1.165, 1.54) is 0 Å². The Labute approximate surface area is 133 Å². The molecule has 0 bridgehead atoms. The quantitative estimate of drug-likeness (QED) is 0.875. The topological polar surface area (TPSA) is 89.0 Å². The van der Waals surface area contributed by atoms with Gasteiger partial charge in [0.2, 0.25) is 0 Å². The van der Waals surface area contributed by atoms with Crippen molar-refractivity contribution in [1.29, 1.82) is 0 Å². The van der Waals surface area contributed by atoms with E-state index < -0.39 is 0 Å². The van der Waals surface area contributed by atoms with Gasteiger partial charge in [-0.05, 0) is 30.5 Å². The molecule has 0 radical (unpaired) electrons. The predicted molar refractivity (Wildman–Crippen MR) is 84.2 cm³/mol. The molecule has 7 nitrogen and oxygen atoms in total. The van der Waals surface area contributed by atoms with Crippen LogP contribution in [0.2, 0.25) is 0 Å². The highest BCUT2D eigenvalue weighted by molar-refractivity contribution is 5.94. The molecule has 7 heteroatoms. The van der Waals surface area contributed by atoms with E-state index in [9.17, 15) is 9.59 Å². The van der Waals surface area contributed by atoms with Gasteiger partial charge in [0.1, 0.15) is 5.82 Å². The number of nitrogens with zero attached hydrogens (tertiary/aromatic N) is 2. The Morgan fingerprint density at radius 3 is 2.91 bits per heavy atom. The van der Waals surface area contributed by atoms with Crippen LogP contribution in [-0.4, -0.2) is 33.8 Å². The summed E-state index contributed by atoms with van der Waals surface area (Å²) in [7, 11) is 1.64. The molecule has 2 aromatic rings. The van der Waals surface area contributed by atoms with Crippen molar-refractivity contribution in [1.82, 2.24) is 20.1 Å². The number of carbonyl (C=O) groups excluding carboxylic acids is 1. The number of hydrogen-bond donors (Lipinski definition) is 2. The summed E-state index contributed by atoms with van der Waals surface area (Å²) in [5.41, 5.74) is 1.48. The van der Waals surface area contributed by atoms with Crippen LogP contribution in [0, 0.1) is 0 Å².